The number of hydrogen-bond donors (Lipinski definition) is 1. The fourth-order valence-electron chi connectivity index (χ4n) is 5.52. The molecule has 5 fully saturated rings. The predicted molar refractivity (Wildman–Crippen MR) is 88.4 cm³/mol. The molecule has 5 rings (SSSR count). The number of nitrogens with one attached hydrogen (secondary N) is 1. The molecule has 0 spiro atoms. The highest BCUT2D eigenvalue weighted by atomic mass is 32.1. The average Bonchev–Trinajstić information content (AvgIpc) is 2.73. The molecule has 1 amide bonds. The Morgan fingerprint density at radius 2 is 1.73 bits per heavy atom. The molecule has 22 heavy (non-hydrogen) atoms. The van der Waals surface area contributed by atoms with Crippen molar-refractivity contribution >= 4 is 23.2 Å². The third-order valence-electron chi connectivity index (χ3n) is 6.39. The Morgan fingerprint density at radius 1 is 1.09 bits per heavy atom. The van der Waals surface area contributed by atoms with E-state index in [1.165, 1.54) is 25.7 Å². The van der Waals surface area contributed by atoms with Gasteiger partial charge < -0.3 is 15.0 Å². The van der Waals surface area contributed by atoms with Crippen molar-refractivity contribution < 1.29 is 9.53 Å². The van der Waals surface area contributed by atoms with Crippen molar-refractivity contribution in [3.05, 3.63) is 0 Å². The lowest BCUT2D eigenvalue weighted by molar-refractivity contribution is -0.134. The molecule has 4 atom stereocenters. The molecule has 4 aliphatic carbocycles. The molecular formula is C17H26N2O2S. The summed E-state index contributed by atoms with van der Waals surface area (Å²) in [6, 6.07) is 0. The first kappa shape index (κ1) is 14.9. The second-order valence-corrected chi connectivity index (χ2v) is 8.28. The number of ether oxygens (including phenoxy) is 1. The molecule has 122 valence electrons. The number of rotatable bonds is 1. The Hall–Kier alpha value is -0.680. The number of carbonyl (C=O) groups is 1. The molecule has 0 radical (unpaired) electrons. The van der Waals surface area contributed by atoms with Gasteiger partial charge in [0.1, 0.15) is 0 Å². The van der Waals surface area contributed by atoms with E-state index in [1.54, 1.807) is 0 Å². The molecule has 1 aliphatic heterocycles. The van der Waals surface area contributed by atoms with E-state index in [0.717, 1.165) is 50.1 Å². The van der Waals surface area contributed by atoms with Crippen LogP contribution >= 0.6 is 12.2 Å². The number of amides is 1. The topological polar surface area (TPSA) is 41.6 Å². The van der Waals surface area contributed by atoms with Crippen LogP contribution in [-0.2, 0) is 9.53 Å². The summed E-state index contributed by atoms with van der Waals surface area (Å²) in [6.07, 6.45) is 8.58. The number of carbonyl (C=O) groups excluding carboxylic acids is 1. The third-order valence-corrected chi connectivity index (χ3v) is 6.75. The van der Waals surface area contributed by atoms with E-state index in [4.69, 9.17) is 17.0 Å². The molecule has 1 N–H and O–H groups in total. The van der Waals surface area contributed by atoms with Crippen LogP contribution in [0.3, 0.4) is 0 Å². The van der Waals surface area contributed by atoms with Crippen molar-refractivity contribution in [1.82, 2.24) is 10.2 Å². The molecule has 0 aromatic carbocycles. The van der Waals surface area contributed by atoms with E-state index in [0.29, 0.717) is 18.3 Å². The molecule has 4 nitrogen and oxygen atoms in total. The van der Waals surface area contributed by atoms with Crippen molar-refractivity contribution in [3.63, 3.8) is 0 Å². The molecule has 0 aromatic heterocycles. The number of thiocarbonyl (C=S) groups is 1. The average molecular weight is 322 g/mol. The minimum Gasteiger partial charge on any atom is -0.378 e. The summed E-state index contributed by atoms with van der Waals surface area (Å²) in [5, 5.41) is 3.71. The van der Waals surface area contributed by atoms with Crippen LogP contribution in [0.15, 0.2) is 0 Å². The van der Waals surface area contributed by atoms with E-state index in [1.807, 2.05) is 0 Å². The summed E-state index contributed by atoms with van der Waals surface area (Å²) in [6.45, 7) is 2.98. The van der Waals surface area contributed by atoms with Gasteiger partial charge in [0, 0.05) is 13.1 Å². The Bertz CT molecular complexity index is 461. The molecule has 5 aliphatic rings. The van der Waals surface area contributed by atoms with Gasteiger partial charge in [-0.1, -0.05) is 0 Å². The van der Waals surface area contributed by atoms with Gasteiger partial charge in [-0.3, -0.25) is 4.79 Å². The van der Waals surface area contributed by atoms with Gasteiger partial charge in [0.2, 0.25) is 5.91 Å². The first-order valence-electron chi connectivity index (χ1n) is 8.83. The SMILES string of the molecule is O=C(NC(=S)N1CCOCC1)C12CCC3C[C@H](C[C@H](C3)C1)C2. The van der Waals surface area contributed by atoms with E-state index >= 15 is 0 Å². The first-order chi connectivity index (χ1) is 10.6. The van der Waals surface area contributed by atoms with Gasteiger partial charge >= 0.3 is 0 Å². The lowest BCUT2D eigenvalue weighted by Gasteiger charge is -2.44. The van der Waals surface area contributed by atoms with Crippen molar-refractivity contribution in [2.45, 2.75) is 44.9 Å². The smallest absolute Gasteiger partial charge is 0.232 e. The van der Waals surface area contributed by atoms with Crippen molar-refractivity contribution in [2.75, 3.05) is 26.3 Å². The van der Waals surface area contributed by atoms with Gasteiger partial charge in [-0.25, -0.2) is 0 Å². The second kappa shape index (κ2) is 5.75. The zero-order chi connectivity index (χ0) is 15.2. The first-order valence-corrected chi connectivity index (χ1v) is 9.23. The Kier molecular flexibility index (Phi) is 3.89. The third kappa shape index (κ3) is 2.67. The highest BCUT2D eigenvalue weighted by Crippen LogP contribution is 2.57. The van der Waals surface area contributed by atoms with E-state index in [2.05, 4.69) is 10.2 Å². The monoisotopic (exact) mass is 322 g/mol. The van der Waals surface area contributed by atoms with Gasteiger partial charge in [-0.05, 0) is 74.9 Å². The Morgan fingerprint density at radius 3 is 2.41 bits per heavy atom. The van der Waals surface area contributed by atoms with Crippen molar-refractivity contribution in [1.29, 1.82) is 0 Å². The number of morpholine rings is 1. The van der Waals surface area contributed by atoms with E-state index < -0.39 is 0 Å². The summed E-state index contributed by atoms with van der Waals surface area (Å²) in [5.74, 6) is 2.65. The number of nitrogens with zero attached hydrogens (tertiary/aromatic N) is 1. The molecule has 4 saturated carbocycles. The van der Waals surface area contributed by atoms with Gasteiger partial charge in [0.05, 0.1) is 18.6 Å². The summed E-state index contributed by atoms with van der Waals surface area (Å²) in [5.41, 5.74) is -0.130. The lowest BCUT2D eigenvalue weighted by atomic mass is 9.61. The molecule has 2 unspecified atom stereocenters. The fraction of sp³-hybridized carbons (Fsp3) is 0.882. The minimum atomic E-state index is -0.130. The number of fused-ring (bicyclic) bond motifs is 1. The normalized spacial score (nSPS) is 40.4. The van der Waals surface area contributed by atoms with Gasteiger partial charge in [0.15, 0.2) is 5.11 Å². The predicted octanol–water partition coefficient (Wildman–Crippen LogP) is 2.33. The van der Waals surface area contributed by atoms with Crippen molar-refractivity contribution in [2.24, 2.45) is 23.2 Å². The van der Waals surface area contributed by atoms with Crippen LogP contribution in [0.1, 0.15) is 44.9 Å². The quantitative estimate of drug-likeness (QED) is 0.752. The number of hydrogen-bond acceptors (Lipinski definition) is 3. The van der Waals surface area contributed by atoms with Crippen LogP contribution in [0.25, 0.3) is 0 Å². The molecule has 4 bridgehead atoms. The molecule has 5 heteroatoms. The van der Waals surface area contributed by atoms with Crippen LogP contribution in [-0.4, -0.2) is 42.2 Å². The van der Waals surface area contributed by atoms with Crippen LogP contribution in [0.5, 0.6) is 0 Å². The highest BCUT2D eigenvalue weighted by molar-refractivity contribution is 7.80. The second-order valence-electron chi connectivity index (χ2n) is 7.89. The summed E-state index contributed by atoms with van der Waals surface area (Å²) >= 11 is 5.48. The summed E-state index contributed by atoms with van der Waals surface area (Å²) in [4.78, 5) is 15.1. The molecule has 1 heterocycles. The summed E-state index contributed by atoms with van der Waals surface area (Å²) in [7, 11) is 0. The highest BCUT2D eigenvalue weighted by Gasteiger charge is 2.51. The van der Waals surface area contributed by atoms with Gasteiger partial charge in [-0.15, -0.1) is 0 Å². The minimum absolute atomic E-state index is 0.130. The van der Waals surface area contributed by atoms with E-state index in [9.17, 15) is 4.79 Å². The summed E-state index contributed by atoms with van der Waals surface area (Å²) < 4.78 is 5.36. The maximum absolute atomic E-state index is 13.0. The standard InChI is InChI=1S/C17H26N2O2S/c20-15(18-16(22)19-3-5-21-6-4-19)17-2-1-12-7-13(10-17)9-14(8-12)11-17/h12-14H,1-11H2,(H,18,20,22)/t12?,13-,14+,17?. The lowest BCUT2D eigenvalue weighted by Crippen LogP contribution is -2.53. The zero-order valence-electron chi connectivity index (χ0n) is 13.2. The fourth-order valence-corrected chi connectivity index (χ4v) is 5.79. The Labute approximate surface area is 137 Å². The maximum atomic E-state index is 13.0. The molecule has 0 aromatic rings. The Balaban J connectivity index is 1.46. The van der Waals surface area contributed by atoms with Crippen LogP contribution in [0.4, 0.5) is 0 Å². The van der Waals surface area contributed by atoms with E-state index in [-0.39, 0.29) is 11.3 Å². The zero-order valence-corrected chi connectivity index (χ0v) is 14.0. The van der Waals surface area contributed by atoms with Gasteiger partial charge in [0.25, 0.3) is 0 Å². The molecular weight excluding hydrogens is 296 g/mol. The van der Waals surface area contributed by atoms with Crippen LogP contribution in [0.2, 0.25) is 0 Å². The van der Waals surface area contributed by atoms with Crippen LogP contribution in [0, 0.1) is 23.2 Å². The molecule has 1 saturated heterocycles. The van der Waals surface area contributed by atoms with Gasteiger partial charge in [-0.2, -0.15) is 0 Å². The largest absolute Gasteiger partial charge is 0.378 e. The maximum Gasteiger partial charge on any atom is 0.232 e. The van der Waals surface area contributed by atoms with Crippen LogP contribution < -0.4 is 5.32 Å². The van der Waals surface area contributed by atoms with Crippen molar-refractivity contribution in [3.8, 4) is 0 Å².